The lowest BCUT2D eigenvalue weighted by Gasteiger charge is -1.89. The number of benzene rings is 1. The molecule has 12 heavy (non-hydrogen) atoms. The minimum absolute atomic E-state index is 0.470. The standard InChI is InChI=1S/C10H8NO/c12-6-5-8-7-11-10-4-2-1-3-9(8)10/h1-3,6-7,11H,5H2. The van der Waals surface area contributed by atoms with Crippen molar-refractivity contribution < 1.29 is 4.79 Å². The molecule has 2 nitrogen and oxygen atoms in total. The highest BCUT2D eigenvalue weighted by Crippen LogP contribution is 2.16. The van der Waals surface area contributed by atoms with E-state index in [9.17, 15) is 4.79 Å². The molecule has 0 spiro atoms. The van der Waals surface area contributed by atoms with Gasteiger partial charge in [-0.3, -0.25) is 0 Å². The van der Waals surface area contributed by atoms with Gasteiger partial charge in [-0.1, -0.05) is 18.2 Å². The van der Waals surface area contributed by atoms with Crippen molar-refractivity contribution >= 4 is 17.2 Å². The van der Waals surface area contributed by atoms with E-state index in [-0.39, 0.29) is 0 Å². The van der Waals surface area contributed by atoms with Crippen molar-refractivity contribution in [2.24, 2.45) is 0 Å². The topological polar surface area (TPSA) is 32.9 Å². The van der Waals surface area contributed by atoms with Gasteiger partial charge in [0.2, 0.25) is 0 Å². The summed E-state index contributed by atoms with van der Waals surface area (Å²) in [4.78, 5) is 13.4. The molecule has 1 N–H and O–H groups in total. The Morgan fingerprint density at radius 3 is 3.33 bits per heavy atom. The normalized spacial score (nSPS) is 10.3. The van der Waals surface area contributed by atoms with Gasteiger partial charge in [-0.05, 0) is 5.56 Å². The molecule has 0 atom stereocenters. The van der Waals surface area contributed by atoms with Crippen LogP contribution in [0.4, 0.5) is 0 Å². The lowest BCUT2D eigenvalue weighted by molar-refractivity contribution is -0.107. The smallest absolute Gasteiger partial charge is 0.124 e. The summed E-state index contributed by atoms with van der Waals surface area (Å²) in [6, 6.07) is 8.82. The Hall–Kier alpha value is -1.57. The van der Waals surface area contributed by atoms with Crippen LogP contribution in [-0.2, 0) is 11.2 Å². The predicted octanol–water partition coefficient (Wildman–Crippen LogP) is 1.71. The number of hydrogen-bond acceptors (Lipinski definition) is 1. The summed E-state index contributed by atoms with van der Waals surface area (Å²) in [5, 5.41) is 1.09. The molecule has 1 aromatic heterocycles. The Morgan fingerprint density at radius 1 is 1.58 bits per heavy atom. The number of aldehydes is 1. The molecule has 2 heteroatoms. The lowest BCUT2D eigenvalue weighted by Crippen LogP contribution is -1.81. The zero-order valence-electron chi connectivity index (χ0n) is 6.50. The Balaban J connectivity index is 2.62. The van der Waals surface area contributed by atoms with E-state index in [1.807, 2.05) is 24.4 Å². The number of hydrogen-bond donors (Lipinski definition) is 1. The molecule has 59 valence electrons. The van der Waals surface area contributed by atoms with Crippen molar-refractivity contribution in [3.05, 3.63) is 36.0 Å². The number of aromatic amines is 1. The molecule has 0 unspecified atom stereocenters. The maximum Gasteiger partial charge on any atom is 0.124 e. The van der Waals surface area contributed by atoms with Gasteiger partial charge in [0, 0.05) is 24.1 Å². The van der Waals surface area contributed by atoms with Crippen molar-refractivity contribution in [2.45, 2.75) is 6.42 Å². The van der Waals surface area contributed by atoms with Crippen LogP contribution in [0.5, 0.6) is 0 Å². The zero-order valence-corrected chi connectivity index (χ0v) is 6.50. The molecule has 1 radical (unpaired) electrons. The summed E-state index contributed by atoms with van der Waals surface area (Å²) in [5.41, 5.74) is 2.01. The van der Waals surface area contributed by atoms with Gasteiger partial charge in [0.05, 0.1) is 5.52 Å². The summed E-state index contributed by atoms with van der Waals surface area (Å²) >= 11 is 0. The Morgan fingerprint density at radius 2 is 2.50 bits per heavy atom. The van der Waals surface area contributed by atoms with Crippen LogP contribution in [0.15, 0.2) is 24.4 Å². The van der Waals surface area contributed by atoms with Gasteiger partial charge in [-0.15, -0.1) is 0 Å². The number of nitrogens with one attached hydrogen (secondary N) is 1. The van der Waals surface area contributed by atoms with Gasteiger partial charge in [0.15, 0.2) is 0 Å². The molecule has 2 aromatic rings. The maximum atomic E-state index is 10.3. The number of aromatic nitrogens is 1. The van der Waals surface area contributed by atoms with Crippen molar-refractivity contribution in [3.8, 4) is 0 Å². The van der Waals surface area contributed by atoms with E-state index in [1.54, 1.807) is 0 Å². The van der Waals surface area contributed by atoms with Crippen molar-refractivity contribution in [2.75, 3.05) is 0 Å². The first-order valence-corrected chi connectivity index (χ1v) is 3.82. The largest absolute Gasteiger partial charge is 0.360 e. The van der Waals surface area contributed by atoms with Gasteiger partial charge >= 0.3 is 0 Å². The Labute approximate surface area is 70.2 Å². The van der Waals surface area contributed by atoms with Gasteiger partial charge in [-0.25, -0.2) is 0 Å². The second-order valence-electron chi connectivity index (χ2n) is 2.64. The number of carbonyl (C=O) groups is 1. The van der Waals surface area contributed by atoms with Crippen LogP contribution in [0, 0.1) is 6.07 Å². The monoisotopic (exact) mass is 158 g/mol. The molecule has 0 aliphatic heterocycles. The highest BCUT2D eigenvalue weighted by atomic mass is 16.1. The third-order valence-electron chi connectivity index (χ3n) is 1.90. The molecular weight excluding hydrogens is 150 g/mol. The molecular formula is C10H8NO. The SMILES string of the molecule is O=CCc1c[nH]c2[c]cccc12. The highest BCUT2D eigenvalue weighted by Gasteiger charge is 2.00. The van der Waals surface area contributed by atoms with Gasteiger partial charge in [0.25, 0.3) is 0 Å². The summed E-state index contributed by atoms with van der Waals surface area (Å²) in [6.07, 6.45) is 3.24. The van der Waals surface area contributed by atoms with Crippen molar-refractivity contribution in [1.82, 2.24) is 4.98 Å². The van der Waals surface area contributed by atoms with Gasteiger partial charge in [0.1, 0.15) is 6.29 Å². The maximum absolute atomic E-state index is 10.3. The van der Waals surface area contributed by atoms with Crippen LogP contribution in [0.3, 0.4) is 0 Å². The lowest BCUT2D eigenvalue weighted by atomic mass is 10.1. The third-order valence-corrected chi connectivity index (χ3v) is 1.90. The average Bonchev–Trinajstić information content (AvgIpc) is 2.50. The second kappa shape index (κ2) is 2.81. The first-order valence-electron chi connectivity index (χ1n) is 3.82. The summed E-state index contributed by atoms with van der Waals surface area (Å²) < 4.78 is 0. The third kappa shape index (κ3) is 1.01. The number of rotatable bonds is 2. The highest BCUT2D eigenvalue weighted by molar-refractivity contribution is 5.84. The van der Waals surface area contributed by atoms with E-state index < -0.39 is 0 Å². The fourth-order valence-corrected chi connectivity index (χ4v) is 1.32. The van der Waals surface area contributed by atoms with E-state index in [0.29, 0.717) is 6.42 Å². The number of H-pyrrole nitrogens is 1. The molecule has 0 amide bonds. The summed E-state index contributed by atoms with van der Waals surface area (Å²) in [7, 11) is 0. The van der Waals surface area contributed by atoms with Crippen LogP contribution in [-0.4, -0.2) is 11.3 Å². The average molecular weight is 158 g/mol. The van der Waals surface area contributed by atoms with E-state index in [1.165, 1.54) is 0 Å². The van der Waals surface area contributed by atoms with Gasteiger partial charge < -0.3 is 9.78 Å². The Kier molecular flexibility index (Phi) is 1.67. The molecule has 0 bridgehead atoms. The molecule has 2 rings (SSSR count). The molecule has 0 aliphatic carbocycles. The number of fused-ring (bicyclic) bond motifs is 1. The molecule has 1 aromatic carbocycles. The molecule has 0 fully saturated rings. The van der Waals surface area contributed by atoms with Crippen LogP contribution in [0.2, 0.25) is 0 Å². The van der Waals surface area contributed by atoms with Crippen LogP contribution in [0.1, 0.15) is 5.56 Å². The van der Waals surface area contributed by atoms with Crippen LogP contribution in [0.25, 0.3) is 10.9 Å². The fraction of sp³-hybridized carbons (Fsp3) is 0.100. The number of para-hydroxylation sites is 1. The minimum Gasteiger partial charge on any atom is -0.360 e. The second-order valence-corrected chi connectivity index (χ2v) is 2.64. The van der Waals surface area contributed by atoms with E-state index in [2.05, 4.69) is 11.1 Å². The van der Waals surface area contributed by atoms with E-state index in [0.717, 1.165) is 22.8 Å². The number of carbonyl (C=O) groups excluding carboxylic acids is 1. The van der Waals surface area contributed by atoms with Gasteiger partial charge in [-0.2, -0.15) is 0 Å². The van der Waals surface area contributed by atoms with Crippen molar-refractivity contribution in [3.63, 3.8) is 0 Å². The first-order chi connectivity index (χ1) is 5.92. The summed E-state index contributed by atoms with van der Waals surface area (Å²) in [5.74, 6) is 0. The molecule has 0 saturated heterocycles. The molecule has 0 saturated carbocycles. The van der Waals surface area contributed by atoms with E-state index in [4.69, 9.17) is 0 Å². The Bertz CT molecular complexity index is 403. The van der Waals surface area contributed by atoms with Crippen LogP contribution < -0.4 is 0 Å². The molecule has 1 heterocycles. The van der Waals surface area contributed by atoms with E-state index >= 15 is 0 Å². The predicted molar refractivity (Wildman–Crippen MR) is 46.9 cm³/mol. The fourth-order valence-electron chi connectivity index (χ4n) is 1.32. The molecule has 0 aliphatic rings. The quantitative estimate of drug-likeness (QED) is 0.663. The first kappa shape index (κ1) is 7.10. The van der Waals surface area contributed by atoms with Crippen molar-refractivity contribution in [1.29, 1.82) is 0 Å². The van der Waals surface area contributed by atoms with Crippen LogP contribution >= 0.6 is 0 Å². The zero-order chi connectivity index (χ0) is 8.39. The summed E-state index contributed by atoms with van der Waals surface area (Å²) in [6.45, 7) is 0. The minimum atomic E-state index is 0.470.